The van der Waals surface area contributed by atoms with Gasteiger partial charge in [0.1, 0.15) is 6.34 Å². The Labute approximate surface area is 149 Å². The first kappa shape index (κ1) is 14.2. The molecule has 0 heterocycles. The number of rotatable bonds is 3. The lowest BCUT2D eigenvalue weighted by Crippen LogP contribution is -2.16. The highest BCUT2D eigenvalue weighted by Gasteiger charge is 2.20. The molecule has 24 heavy (non-hydrogen) atoms. The molecule has 0 saturated carbocycles. The number of hydroxylamine groups is 1. The van der Waals surface area contributed by atoms with Gasteiger partial charge < -0.3 is 0 Å². The van der Waals surface area contributed by atoms with Crippen LogP contribution in [-0.4, -0.2) is 11.5 Å². The van der Waals surface area contributed by atoms with Crippen molar-refractivity contribution in [2.75, 3.05) is 5.06 Å². The van der Waals surface area contributed by atoms with Crippen molar-refractivity contribution in [2.24, 2.45) is 4.99 Å². The zero-order valence-corrected chi connectivity index (χ0v) is 15.3. The molecule has 0 saturated heterocycles. The van der Waals surface area contributed by atoms with Crippen molar-refractivity contribution in [3.05, 3.63) is 59.6 Å². The molecule has 2 rings (SSSR count). The van der Waals surface area contributed by atoms with E-state index in [9.17, 15) is 5.21 Å². The SMILES string of the molecule is [2H]c1c(N=CN(O)c2ccccc2)c([2H])c(C(C)(C)C)c([2H])c1C(C)(C)C. The molecule has 2 aromatic rings. The third-order valence-electron chi connectivity index (χ3n) is 3.55. The van der Waals surface area contributed by atoms with Crippen LogP contribution in [0.1, 0.15) is 56.8 Å². The highest BCUT2D eigenvalue weighted by atomic mass is 16.5. The second-order valence-electron chi connectivity index (χ2n) is 7.90. The smallest absolute Gasteiger partial charge is 0.122 e. The zero-order chi connectivity index (χ0) is 20.6. The summed E-state index contributed by atoms with van der Waals surface area (Å²) in [4.78, 5) is 4.26. The predicted molar refractivity (Wildman–Crippen MR) is 103 cm³/mol. The first-order chi connectivity index (χ1) is 12.4. The van der Waals surface area contributed by atoms with E-state index in [1.165, 1.54) is 6.34 Å². The Bertz CT molecular complexity index is 809. The van der Waals surface area contributed by atoms with Gasteiger partial charge in [-0.3, -0.25) is 5.21 Å². The lowest BCUT2D eigenvalue weighted by molar-refractivity contribution is 0.317. The molecule has 1 N–H and O–H groups in total. The third kappa shape index (κ3) is 4.68. The first-order valence-electron chi connectivity index (χ1n) is 9.57. The number of nitrogens with zero attached hydrogens (tertiary/aromatic N) is 2. The van der Waals surface area contributed by atoms with Gasteiger partial charge in [-0.05, 0) is 46.2 Å². The first-order valence-corrected chi connectivity index (χ1v) is 8.07. The van der Waals surface area contributed by atoms with Crippen LogP contribution in [0.25, 0.3) is 0 Å². The fourth-order valence-electron chi connectivity index (χ4n) is 2.03. The minimum absolute atomic E-state index is 0.0585. The molecule has 0 aliphatic rings. The van der Waals surface area contributed by atoms with Gasteiger partial charge >= 0.3 is 0 Å². The average Bonchev–Trinajstić information content (AvgIpc) is 2.52. The summed E-state index contributed by atoms with van der Waals surface area (Å²) in [6.07, 6.45) is 1.20. The Balaban J connectivity index is 2.67. The summed E-state index contributed by atoms with van der Waals surface area (Å²) in [5.74, 6) is 0. The van der Waals surface area contributed by atoms with Crippen LogP contribution in [0.15, 0.2) is 53.5 Å². The summed E-state index contributed by atoms with van der Waals surface area (Å²) >= 11 is 0. The summed E-state index contributed by atoms with van der Waals surface area (Å²) in [6.45, 7) is 11.7. The Morgan fingerprint density at radius 3 is 1.88 bits per heavy atom. The van der Waals surface area contributed by atoms with Crippen molar-refractivity contribution >= 4 is 17.7 Å². The molecule has 0 aliphatic carbocycles. The van der Waals surface area contributed by atoms with E-state index in [0.29, 0.717) is 16.8 Å². The zero-order valence-electron chi connectivity index (χ0n) is 18.3. The van der Waals surface area contributed by atoms with Crippen molar-refractivity contribution in [1.29, 1.82) is 0 Å². The monoisotopic (exact) mass is 327 g/mol. The van der Waals surface area contributed by atoms with Crippen LogP contribution in [0, 0.1) is 0 Å². The summed E-state index contributed by atoms with van der Waals surface area (Å²) in [5, 5.41) is 11.1. The van der Waals surface area contributed by atoms with E-state index in [1.807, 2.05) is 47.6 Å². The molecule has 3 nitrogen and oxygen atoms in total. The molecule has 0 aromatic heterocycles. The van der Waals surface area contributed by atoms with Gasteiger partial charge in [-0.25, -0.2) is 10.1 Å². The number of hydrogen-bond acceptors (Lipinski definition) is 2. The van der Waals surface area contributed by atoms with Crippen molar-refractivity contribution in [3.63, 3.8) is 0 Å². The standard InChI is InChI=1S/C21H28N2O/c1-20(2,3)16-12-17(21(4,5)6)14-18(13-16)22-15-23(24)19-10-8-7-9-11-19/h7-15,24H,1-6H3/i12D,13D,14D. The highest BCUT2D eigenvalue weighted by molar-refractivity contribution is 5.78. The van der Waals surface area contributed by atoms with Crippen LogP contribution in [0.3, 0.4) is 0 Å². The van der Waals surface area contributed by atoms with Gasteiger partial charge in [0.05, 0.1) is 15.5 Å². The van der Waals surface area contributed by atoms with Crippen molar-refractivity contribution in [3.8, 4) is 0 Å². The Hall–Kier alpha value is -2.13. The molecule has 0 bridgehead atoms. The van der Waals surface area contributed by atoms with Crippen molar-refractivity contribution in [1.82, 2.24) is 0 Å². The van der Waals surface area contributed by atoms with Gasteiger partial charge in [-0.15, -0.1) is 0 Å². The molecule has 0 atom stereocenters. The van der Waals surface area contributed by atoms with E-state index in [1.54, 1.807) is 24.3 Å². The van der Waals surface area contributed by atoms with Gasteiger partial charge in [-0.1, -0.05) is 65.8 Å². The quantitative estimate of drug-likeness (QED) is 0.437. The average molecular weight is 327 g/mol. The molecule has 0 unspecified atom stereocenters. The number of benzene rings is 2. The molecule has 0 spiro atoms. The Morgan fingerprint density at radius 2 is 1.42 bits per heavy atom. The lowest BCUT2D eigenvalue weighted by atomic mass is 9.80. The van der Waals surface area contributed by atoms with E-state index in [4.69, 9.17) is 4.11 Å². The van der Waals surface area contributed by atoms with Crippen LogP contribution in [0.4, 0.5) is 11.4 Å². The van der Waals surface area contributed by atoms with Gasteiger partial charge in [0, 0.05) is 0 Å². The van der Waals surface area contributed by atoms with Crippen LogP contribution in [0.2, 0.25) is 0 Å². The number of para-hydroxylation sites is 1. The van der Waals surface area contributed by atoms with Gasteiger partial charge in [0.2, 0.25) is 0 Å². The second-order valence-corrected chi connectivity index (χ2v) is 7.90. The molecule has 0 aliphatic heterocycles. The minimum Gasteiger partial charge on any atom is -0.283 e. The summed E-state index contributed by atoms with van der Waals surface area (Å²) in [6, 6.07) is 9.23. The molecule has 0 radical (unpaired) electrons. The highest BCUT2D eigenvalue weighted by Crippen LogP contribution is 2.33. The van der Waals surface area contributed by atoms with E-state index < -0.39 is 10.8 Å². The fraction of sp³-hybridized carbons (Fsp3) is 0.381. The lowest BCUT2D eigenvalue weighted by Gasteiger charge is -2.25. The van der Waals surface area contributed by atoms with E-state index in [-0.39, 0.29) is 23.8 Å². The molecular formula is C21H28N2O. The van der Waals surface area contributed by atoms with Crippen LogP contribution >= 0.6 is 0 Å². The Kier molecular flexibility index (Phi) is 4.02. The maximum Gasteiger partial charge on any atom is 0.122 e. The minimum atomic E-state index is -0.440. The third-order valence-corrected chi connectivity index (χ3v) is 3.55. The molecule has 128 valence electrons. The normalized spacial score (nSPS) is 14.4. The van der Waals surface area contributed by atoms with Crippen LogP contribution < -0.4 is 5.06 Å². The second kappa shape index (κ2) is 6.78. The summed E-state index contributed by atoms with van der Waals surface area (Å²) in [5.41, 5.74) is 0.925. The predicted octanol–water partition coefficient (Wildman–Crippen LogP) is 5.84. The van der Waals surface area contributed by atoms with E-state index >= 15 is 0 Å². The molecular weight excluding hydrogens is 296 g/mol. The maximum absolute atomic E-state index is 10.2. The van der Waals surface area contributed by atoms with Crippen molar-refractivity contribution < 1.29 is 9.32 Å². The van der Waals surface area contributed by atoms with Gasteiger partial charge in [0.15, 0.2) is 0 Å². The maximum atomic E-state index is 10.2. The molecule has 0 fully saturated rings. The molecule has 0 amide bonds. The van der Waals surface area contributed by atoms with E-state index in [0.717, 1.165) is 5.06 Å². The van der Waals surface area contributed by atoms with E-state index in [2.05, 4.69) is 4.99 Å². The fourth-order valence-corrected chi connectivity index (χ4v) is 2.03. The van der Waals surface area contributed by atoms with Gasteiger partial charge in [-0.2, -0.15) is 0 Å². The number of hydrogen-bond donors (Lipinski definition) is 1. The van der Waals surface area contributed by atoms with Crippen LogP contribution in [-0.2, 0) is 10.8 Å². The number of aliphatic imine (C=N–C) groups is 1. The van der Waals surface area contributed by atoms with Gasteiger partial charge in [0.25, 0.3) is 0 Å². The topological polar surface area (TPSA) is 35.8 Å². The molecule has 3 heteroatoms. The molecule has 2 aromatic carbocycles. The van der Waals surface area contributed by atoms with Crippen molar-refractivity contribution in [2.45, 2.75) is 52.4 Å². The largest absolute Gasteiger partial charge is 0.283 e. The number of anilines is 1. The summed E-state index contributed by atoms with van der Waals surface area (Å²) < 4.78 is 25.8. The summed E-state index contributed by atoms with van der Waals surface area (Å²) in [7, 11) is 0. The Morgan fingerprint density at radius 1 is 0.917 bits per heavy atom. The van der Waals surface area contributed by atoms with Crippen LogP contribution in [0.5, 0.6) is 0 Å².